The zero-order valence-electron chi connectivity index (χ0n) is 13.7. The molecule has 0 aliphatic carbocycles. The molecule has 3 nitrogen and oxygen atoms in total. The van der Waals surface area contributed by atoms with Crippen LogP contribution in [-0.2, 0) is 11.3 Å². The Bertz CT molecular complexity index is 510. The fraction of sp³-hybridized carbons (Fsp3) is 0.667. The van der Waals surface area contributed by atoms with Crippen LogP contribution in [0.3, 0.4) is 0 Å². The number of hydrogen-bond donors (Lipinski definition) is 1. The van der Waals surface area contributed by atoms with Crippen molar-refractivity contribution in [2.75, 3.05) is 26.0 Å². The third kappa shape index (κ3) is 3.85. The number of nitrogens with zero attached hydrogens (tertiary/aromatic N) is 1. The van der Waals surface area contributed by atoms with Crippen LogP contribution in [0.5, 0.6) is 0 Å². The van der Waals surface area contributed by atoms with Gasteiger partial charge in [0.15, 0.2) is 0 Å². The minimum absolute atomic E-state index is 0.0840. The zero-order valence-corrected chi connectivity index (χ0v) is 14.5. The summed E-state index contributed by atoms with van der Waals surface area (Å²) in [6.45, 7) is 5.78. The van der Waals surface area contributed by atoms with Crippen molar-refractivity contribution in [3.8, 4) is 0 Å². The lowest BCUT2D eigenvalue weighted by molar-refractivity contribution is -0.173. The van der Waals surface area contributed by atoms with Gasteiger partial charge in [0.25, 0.3) is 0 Å². The van der Waals surface area contributed by atoms with E-state index in [-0.39, 0.29) is 5.60 Å². The highest BCUT2D eigenvalue weighted by Crippen LogP contribution is 2.39. The number of rotatable bonds is 3. The summed E-state index contributed by atoms with van der Waals surface area (Å²) in [5.74, 6) is 0. The summed E-state index contributed by atoms with van der Waals surface area (Å²) in [7, 11) is 0. The second-order valence-electron chi connectivity index (χ2n) is 7.08. The molecule has 0 bridgehead atoms. The maximum Gasteiger partial charge on any atom is 0.0734 e. The molecule has 0 amide bonds. The Kier molecular flexibility index (Phi) is 4.83. The summed E-state index contributed by atoms with van der Waals surface area (Å²) >= 11 is 1.80. The van der Waals surface area contributed by atoms with Crippen molar-refractivity contribution in [2.24, 2.45) is 0 Å². The molecule has 0 radical (unpaired) electrons. The Morgan fingerprint density at radius 3 is 2.73 bits per heavy atom. The average Bonchev–Trinajstić information content (AvgIpc) is 2.49. The molecule has 22 heavy (non-hydrogen) atoms. The van der Waals surface area contributed by atoms with Crippen molar-refractivity contribution in [1.82, 2.24) is 4.90 Å². The summed E-state index contributed by atoms with van der Waals surface area (Å²) in [6, 6.07) is 8.81. The maximum absolute atomic E-state index is 10.4. The van der Waals surface area contributed by atoms with Crippen molar-refractivity contribution >= 4 is 11.8 Å². The third-order valence-corrected chi connectivity index (χ3v) is 5.78. The van der Waals surface area contributed by atoms with E-state index in [9.17, 15) is 5.11 Å². The number of likely N-dealkylation sites (tertiary alicyclic amines) is 1. The van der Waals surface area contributed by atoms with Crippen LogP contribution < -0.4 is 0 Å². The van der Waals surface area contributed by atoms with Crippen LogP contribution >= 0.6 is 11.8 Å². The van der Waals surface area contributed by atoms with Crippen molar-refractivity contribution < 1.29 is 9.84 Å². The molecular formula is C18H27NO2S. The van der Waals surface area contributed by atoms with Gasteiger partial charge in [-0.1, -0.05) is 12.1 Å². The molecule has 2 aliphatic heterocycles. The Balaban J connectivity index is 1.57. The first-order chi connectivity index (χ1) is 10.5. The van der Waals surface area contributed by atoms with Crippen LogP contribution in [0.1, 0.15) is 38.2 Å². The van der Waals surface area contributed by atoms with E-state index in [0.717, 1.165) is 45.3 Å². The fourth-order valence-corrected chi connectivity index (χ4v) is 4.27. The van der Waals surface area contributed by atoms with Gasteiger partial charge in [0, 0.05) is 31.0 Å². The molecule has 1 unspecified atom stereocenters. The first-order valence-electron chi connectivity index (χ1n) is 8.22. The van der Waals surface area contributed by atoms with Crippen LogP contribution in [0.15, 0.2) is 29.2 Å². The molecule has 0 aromatic heterocycles. The molecule has 1 N–H and O–H groups in total. The highest BCUT2D eigenvalue weighted by atomic mass is 32.2. The monoisotopic (exact) mass is 321 g/mol. The molecule has 1 aromatic rings. The number of ether oxygens (including phenoxy) is 1. The molecule has 1 aromatic carbocycles. The van der Waals surface area contributed by atoms with Gasteiger partial charge >= 0.3 is 0 Å². The van der Waals surface area contributed by atoms with Gasteiger partial charge < -0.3 is 9.84 Å². The SMILES string of the molecule is CSc1cccc(CN2CCC3(CC2)CC(C)(O)CCO3)c1. The van der Waals surface area contributed by atoms with E-state index < -0.39 is 5.60 Å². The zero-order chi connectivity index (χ0) is 15.6. The van der Waals surface area contributed by atoms with Gasteiger partial charge in [0.2, 0.25) is 0 Å². The third-order valence-electron chi connectivity index (χ3n) is 5.06. The number of benzene rings is 1. The van der Waals surface area contributed by atoms with Crippen molar-refractivity contribution in [3.63, 3.8) is 0 Å². The summed E-state index contributed by atoms with van der Waals surface area (Å²) in [4.78, 5) is 3.84. The molecule has 122 valence electrons. The summed E-state index contributed by atoms with van der Waals surface area (Å²) in [6.07, 6.45) is 5.74. The van der Waals surface area contributed by atoms with Gasteiger partial charge in [-0.25, -0.2) is 0 Å². The minimum atomic E-state index is -0.549. The normalized spacial score (nSPS) is 28.9. The van der Waals surface area contributed by atoms with Crippen LogP contribution in [0.25, 0.3) is 0 Å². The second kappa shape index (κ2) is 6.52. The second-order valence-corrected chi connectivity index (χ2v) is 7.96. The smallest absolute Gasteiger partial charge is 0.0734 e. The standard InChI is InChI=1S/C18H27NO2S/c1-17(20)8-11-21-18(14-17)6-9-19(10-7-18)13-15-4-3-5-16(12-15)22-2/h3-5,12,20H,6-11,13-14H2,1-2H3. The molecule has 2 aliphatic rings. The van der Waals surface area contributed by atoms with Crippen LogP contribution in [0, 0.1) is 0 Å². The van der Waals surface area contributed by atoms with Crippen LogP contribution in [0.2, 0.25) is 0 Å². The largest absolute Gasteiger partial charge is 0.390 e. The van der Waals surface area contributed by atoms with Crippen LogP contribution in [-0.4, -0.2) is 47.2 Å². The fourth-order valence-electron chi connectivity index (χ4n) is 3.79. The first kappa shape index (κ1) is 16.3. The van der Waals surface area contributed by atoms with Gasteiger partial charge in [-0.2, -0.15) is 0 Å². The summed E-state index contributed by atoms with van der Waals surface area (Å²) in [5, 5.41) is 10.4. The molecule has 1 atom stereocenters. The molecule has 2 heterocycles. The van der Waals surface area contributed by atoms with E-state index in [4.69, 9.17) is 4.74 Å². The van der Waals surface area contributed by atoms with E-state index >= 15 is 0 Å². The number of thioether (sulfide) groups is 1. The lowest BCUT2D eigenvalue weighted by Gasteiger charge is -2.48. The Hall–Kier alpha value is -0.550. The molecule has 4 heteroatoms. The Morgan fingerprint density at radius 1 is 1.27 bits per heavy atom. The molecule has 2 fully saturated rings. The highest BCUT2D eigenvalue weighted by Gasteiger charge is 2.44. The van der Waals surface area contributed by atoms with E-state index in [1.165, 1.54) is 10.5 Å². The van der Waals surface area contributed by atoms with Gasteiger partial charge in [-0.15, -0.1) is 11.8 Å². The number of hydrogen-bond acceptors (Lipinski definition) is 4. The average molecular weight is 321 g/mol. The topological polar surface area (TPSA) is 32.7 Å². The lowest BCUT2D eigenvalue weighted by Crippen LogP contribution is -2.53. The highest BCUT2D eigenvalue weighted by molar-refractivity contribution is 7.98. The lowest BCUT2D eigenvalue weighted by atomic mass is 9.78. The minimum Gasteiger partial charge on any atom is -0.390 e. The predicted octanol–water partition coefficient (Wildman–Crippen LogP) is 3.30. The van der Waals surface area contributed by atoms with E-state index in [0.29, 0.717) is 6.61 Å². The van der Waals surface area contributed by atoms with Gasteiger partial charge in [0.1, 0.15) is 0 Å². The summed E-state index contributed by atoms with van der Waals surface area (Å²) in [5.41, 5.74) is 0.756. The molecule has 1 spiro atoms. The predicted molar refractivity (Wildman–Crippen MR) is 91.3 cm³/mol. The van der Waals surface area contributed by atoms with E-state index in [2.05, 4.69) is 35.4 Å². The van der Waals surface area contributed by atoms with Crippen LogP contribution in [0.4, 0.5) is 0 Å². The Morgan fingerprint density at radius 2 is 2.05 bits per heavy atom. The van der Waals surface area contributed by atoms with Gasteiger partial charge in [0.05, 0.1) is 17.8 Å². The van der Waals surface area contributed by atoms with E-state index in [1.54, 1.807) is 11.8 Å². The number of piperidine rings is 1. The number of aliphatic hydroxyl groups is 1. The first-order valence-corrected chi connectivity index (χ1v) is 9.44. The van der Waals surface area contributed by atoms with Gasteiger partial charge in [-0.3, -0.25) is 4.90 Å². The maximum atomic E-state index is 10.4. The molecule has 0 saturated carbocycles. The quantitative estimate of drug-likeness (QED) is 0.866. The molecule has 2 saturated heterocycles. The van der Waals surface area contributed by atoms with Crippen molar-refractivity contribution in [1.29, 1.82) is 0 Å². The van der Waals surface area contributed by atoms with E-state index in [1.807, 2.05) is 6.92 Å². The molecule has 3 rings (SSSR count). The van der Waals surface area contributed by atoms with Gasteiger partial charge in [-0.05, 0) is 50.1 Å². The van der Waals surface area contributed by atoms with Crippen molar-refractivity contribution in [2.45, 2.75) is 55.2 Å². The van der Waals surface area contributed by atoms with Crippen molar-refractivity contribution in [3.05, 3.63) is 29.8 Å². The Labute approximate surface area is 138 Å². The summed E-state index contributed by atoms with van der Waals surface area (Å²) < 4.78 is 6.09. The molecular weight excluding hydrogens is 294 g/mol.